The van der Waals surface area contributed by atoms with E-state index in [1.807, 2.05) is 12.1 Å². The lowest BCUT2D eigenvalue weighted by atomic mass is 9.98. The van der Waals surface area contributed by atoms with Crippen LogP contribution in [-0.4, -0.2) is 15.9 Å². The van der Waals surface area contributed by atoms with Crippen molar-refractivity contribution in [3.8, 4) is 10.7 Å². The van der Waals surface area contributed by atoms with Gasteiger partial charge in [-0.25, -0.2) is 4.98 Å². The van der Waals surface area contributed by atoms with Crippen LogP contribution in [0.3, 0.4) is 0 Å². The van der Waals surface area contributed by atoms with Crippen molar-refractivity contribution in [3.05, 3.63) is 40.3 Å². The van der Waals surface area contributed by atoms with E-state index in [0.29, 0.717) is 11.1 Å². The molecule has 132 valence electrons. The number of para-hydroxylation sites is 1. The van der Waals surface area contributed by atoms with E-state index >= 15 is 0 Å². The molecule has 4 N–H and O–H groups in total. The first kappa shape index (κ1) is 17.9. The van der Waals surface area contributed by atoms with Crippen molar-refractivity contribution in [3.63, 3.8) is 0 Å². The fourth-order valence-corrected chi connectivity index (χ4v) is 5.01. The summed E-state index contributed by atoms with van der Waals surface area (Å²) in [6, 6.07) is 7.63. The summed E-state index contributed by atoms with van der Waals surface area (Å²) < 4.78 is 0. The molecular formula is C18H21ClN4OS. The number of aromatic amines is 1. The summed E-state index contributed by atoms with van der Waals surface area (Å²) in [6.45, 7) is 8.79. The van der Waals surface area contributed by atoms with Crippen LogP contribution in [0.5, 0.6) is 0 Å². The fraction of sp³-hybridized carbons (Fsp3) is 0.333. The topological polar surface area (TPSA) is 83.8 Å². The van der Waals surface area contributed by atoms with Gasteiger partial charge in [0.1, 0.15) is 11.3 Å². The lowest BCUT2D eigenvalue weighted by Gasteiger charge is -2.26. The van der Waals surface area contributed by atoms with Crippen molar-refractivity contribution in [1.82, 2.24) is 15.3 Å². The summed E-state index contributed by atoms with van der Waals surface area (Å²) in [7, 11) is 0. The van der Waals surface area contributed by atoms with Crippen LogP contribution in [0.2, 0.25) is 0 Å². The average molecular weight is 377 g/mol. The summed E-state index contributed by atoms with van der Waals surface area (Å²) in [5.41, 5.74) is 8.53. The lowest BCUT2D eigenvalue weighted by molar-refractivity contribution is 0.100. The number of hydrogen-bond acceptors (Lipinski definition) is 4. The third kappa shape index (κ3) is 2.65. The molecule has 0 saturated heterocycles. The number of rotatable bonds is 2. The number of carbonyl (C=O) groups is 1. The molecule has 2 aromatic heterocycles. The van der Waals surface area contributed by atoms with Crippen molar-refractivity contribution in [2.75, 3.05) is 0 Å². The molecular weight excluding hydrogens is 356 g/mol. The number of benzene rings is 1. The van der Waals surface area contributed by atoms with Gasteiger partial charge >= 0.3 is 0 Å². The van der Waals surface area contributed by atoms with Gasteiger partial charge in [-0.3, -0.25) is 10.1 Å². The molecule has 1 aliphatic heterocycles. The Hall–Kier alpha value is -1.89. The maximum atomic E-state index is 11.6. The Morgan fingerprint density at radius 2 is 1.92 bits per heavy atom. The van der Waals surface area contributed by atoms with Crippen molar-refractivity contribution in [2.45, 2.75) is 38.8 Å². The van der Waals surface area contributed by atoms with Crippen molar-refractivity contribution in [1.29, 1.82) is 0 Å². The zero-order valence-electron chi connectivity index (χ0n) is 14.6. The minimum Gasteiger partial charge on any atom is -0.366 e. The van der Waals surface area contributed by atoms with Crippen molar-refractivity contribution in [2.24, 2.45) is 5.73 Å². The van der Waals surface area contributed by atoms with Crippen LogP contribution in [0.4, 0.5) is 0 Å². The number of fused-ring (bicyclic) bond motifs is 2. The monoisotopic (exact) mass is 376 g/mol. The number of nitrogens with two attached hydrogens (primary N) is 1. The zero-order chi connectivity index (χ0) is 17.3. The predicted octanol–water partition coefficient (Wildman–Crippen LogP) is 3.89. The second kappa shape index (κ2) is 5.56. The summed E-state index contributed by atoms with van der Waals surface area (Å²) in [6.07, 6.45) is 0. The number of imidazole rings is 1. The molecule has 0 atom stereocenters. The fourth-order valence-electron chi connectivity index (χ4n) is 3.69. The second-order valence-electron chi connectivity index (χ2n) is 7.38. The van der Waals surface area contributed by atoms with Crippen LogP contribution in [-0.2, 0) is 11.1 Å². The molecule has 7 heteroatoms. The first-order valence-electron chi connectivity index (χ1n) is 7.92. The van der Waals surface area contributed by atoms with E-state index in [1.165, 1.54) is 10.4 Å². The molecule has 3 aromatic rings. The molecule has 3 heterocycles. The summed E-state index contributed by atoms with van der Waals surface area (Å²) in [4.78, 5) is 22.0. The Bertz CT molecular complexity index is 955. The molecule has 0 saturated carbocycles. The van der Waals surface area contributed by atoms with Crippen LogP contribution in [0.1, 0.15) is 48.5 Å². The number of primary amides is 1. The number of nitrogens with zero attached hydrogens (tertiary/aromatic N) is 1. The van der Waals surface area contributed by atoms with Gasteiger partial charge in [-0.1, -0.05) is 6.07 Å². The van der Waals surface area contributed by atoms with Gasteiger partial charge in [-0.2, -0.15) is 0 Å². The first-order valence-corrected chi connectivity index (χ1v) is 8.74. The number of aromatic nitrogens is 2. The van der Waals surface area contributed by atoms with E-state index in [-0.39, 0.29) is 23.5 Å². The number of nitrogens with one attached hydrogen (secondary N) is 2. The van der Waals surface area contributed by atoms with Crippen molar-refractivity contribution >= 4 is 40.7 Å². The third-order valence-corrected chi connectivity index (χ3v) is 6.08. The molecule has 0 unspecified atom stereocenters. The smallest absolute Gasteiger partial charge is 0.250 e. The largest absolute Gasteiger partial charge is 0.366 e. The second-order valence-corrected chi connectivity index (χ2v) is 8.43. The highest BCUT2D eigenvalue weighted by molar-refractivity contribution is 7.15. The maximum Gasteiger partial charge on any atom is 0.250 e. The van der Waals surface area contributed by atoms with Gasteiger partial charge in [0.15, 0.2) is 0 Å². The Morgan fingerprint density at radius 3 is 2.56 bits per heavy atom. The number of halogens is 1. The van der Waals surface area contributed by atoms with Crippen LogP contribution in [0.15, 0.2) is 24.3 Å². The molecule has 1 amide bonds. The molecule has 0 bridgehead atoms. The number of H-pyrrole nitrogens is 1. The van der Waals surface area contributed by atoms with Gasteiger partial charge in [-0.05, 0) is 51.5 Å². The molecule has 1 aliphatic rings. The predicted molar refractivity (Wildman–Crippen MR) is 104 cm³/mol. The van der Waals surface area contributed by atoms with Crippen LogP contribution in [0.25, 0.3) is 21.7 Å². The number of hydrogen-bond donors (Lipinski definition) is 3. The number of thiophene rings is 1. The summed E-state index contributed by atoms with van der Waals surface area (Å²) >= 11 is 1.74. The summed E-state index contributed by atoms with van der Waals surface area (Å²) in [5.74, 6) is 0.323. The first-order chi connectivity index (χ1) is 11.2. The minimum absolute atomic E-state index is 0. The highest BCUT2D eigenvalue weighted by atomic mass is 35.5. The molecule has 1 aromatic carbocycles. The van der Waals surface area contributed by atoms with Crippen LogP contribution < -0.4 is 11.1 Å². The highest BCUT2D eigenvalue weighted by Crippen LogP contribution is 2.47. The van der Waals surface area contributed by atoms with E-state index in [2.05, 4.69) is 49.0 Å². The Labute approximate surface area is 156 Å². The normalized spacial score (nSPS) is 17.3. The molecule has 0 radical (unpaired) electrons. The quantitative estimate of drug-likeness (QED) is 0.634. The molecule has 4 rings (SSSR count). The van der Waals surface area contributed by atoms with Gasteiger partial charge in [-0.15, -0.1) is 23.7 Å². The Morgan fingerprint density at radius 1 is 1.20 bits per heavy atom. The Balaban J connectivity index is 0.00000182. The molecule has 5 nitrogen and oxygen atoms in total. The van der Waals surface area contributed by atoms with Crippen LogP contribution >= 0.6 is 23.7 Å². The SMILES string of the molecule is CC1(C)NC(C)(C)c2sc(-c3nc4c(C(N)=O)cccc4[nH]3)cc21.Cl. The lowest BCUT2D eigenvalue weighted by Crippen LogP contribution is -2.40. The van der Waals surface area contributed by atoms with Crippen LogP contribution in [0, 0.1) is 0 Å². The van der Waals surface area contributed by atoms with Gasteiger partial charge < -0.3 is 10.7 Å². The maximum absolute atomic E-state index is 11.6. The number of amides is 1. The average Bonchev–Trinajstić information content (AvgIpc) is 3.13. The van der Waals surface area contributed by atoms with Gasteiger partial charge in [0.25, 0.3) is 5.91 Å². The van der Waals surface area contributed by atoms with E-state index in [4.69, 9.17) is 5.73 Å². The van der Waals surface area contributed by atoms with E-state index < -0.39 is 5.91 Å². The zero-order valence-corrected chi connectivity index (χ0v) is 16.2. The number of carbonyl (C=O) groups excluding carboxylic acids is 1. The van der Waals surface area contributed by atoms with Gasteiger partial charge in [0, 0.05) is 16.0 Å². The molecule has 25 heavy (non-hydrogen) atoms. The molecule has 0 aliphatic carbocycles. The van der Waals surface area contributed by atoms with E-state index in [1.54, 1.807) is 17.4 Å². The molecule has 0 fully saturated rings. The molecule has 0 spiro atoms. The minimum atomic E-state index is -0.459. The standard InChI is InChI=1S/C18H20N4OS.ClH/c1-17(2)10-8-12(24-14(10)18(3,4)22-17)16-20-11-7-5-6-9(15(19)23)13(11)21-16;/h5-8,22H,1-4H3,(H2,19,23)(H,20,21);1H. The van der Waals surface area contributed by atoms with E-state index in [9.17, 15) is 4.79 Å². The highest BCUT2D eigenvalue weighted by Gasteiger charge is 2.43. The Kier molecular flexibility index (Phi) is 3.98. The van der Waals surface area contributed by atoms with E-state index in [0.717, 1.165) is 16.2 Å². The summed E-state index contributed by atoms with van der Waals surface area (Å²) in [5, 5.41) is 3.66. The van der Waals surface area contributed by atoms with Gasteiger partial charge in [0.2, 0.25) is 0 Å². The third-order valence-electron chi connectivity index (χ3n) is 4.61. The van der Waals surface area contributed by atoms with Crippen molar-refractivity contribution < 1.29 is 4.79 Å². The van der Waals surface area contributed by atoms with Gasteiger partial charge in [0.05, 0.1) is 16.0 Å².